The smallest absolute Gasteiger partial charge is 0.305 e. The topological polar surface area (TPSA) is 125 Å². The molecule has 8 nitrogen and oxygen atoms in total. The molecule has 1 heterocycles. The van der Waals surface area contributed by atoms with E-state index in [1.54, 1.807) is 16.8 Å². The summed E-state index contributed by atoms with van der Waals surface area (Å²) in [6, 6.07) is 5.81. The Balaban J connectivity index is 1.87. The van der Waals surface area contributed by atoms with E-state index < -0.39 is 24.6 Å². The molecule has 1 amide bonds. The lowest BCUT2D eigenvalue weighted by Gasteiger charge is -2.25. The molecule has 1 saturated carbocycles. The van der Waals surface area contributed by atoms with E-state index in [0.29, 0.717) is 30.3 Å². The Morgan fingerprint density at radius 3 is 2.41 bits per heavy atom. The number of benzene rings is 1. The first-order valence-corrected chi connectivity index (χ1v) is 11.9. The number of aliphatic hydroxyl groups is 2. The number of carbonyl (C=O) groups is 2. The third-order valence-corrected chi connectivity index (χ3v) is 6.33. The van der Waals surface area contributed by atoms with E-state index in [1.165, 1.54) is 18.6 Å². The lowest BCUT2D eigenvalue weighted by atomic mass is 9.85. The standard InChI is InChI=1S/C25H34FN3O5/c1-15(2)23-21(11-10-19(30)12-20(31)13-22(32)33)29(18-8-6-17(26)7-9-18)28-24(23)25(34)27-14-16-4-3-5-16/h6-9,15-16,19-20,30-31H,3-5,10-14H2,1-2H3,(H,27,34)(H,32,33)/t19-,20-/m1/s1. The van der Waals surface area contributed by atoms with Gasteiger partial charge in [0, 0.05) is 17.8 Å². The average molecular weight is 476 g/mol. The molecule has 2 atom stereocenters. The number of rotatable bonds is 12. The van der Waals surface area contributed by atoms with Gasteiger partial charge in [0.1, 0.15) is 5.82 Å². The van der Waals surface area contributed by atoms with Gasteiger partial charge in [-0.05, 0) is 68.2 Å². The molecule has 0 radical (unpaired) electrons. The number of hydrogen-bond donors (Lipinski definition) is 4. The summed E-state index contributed by atoms with van der Waals surface area (Å²) in [5.74, 6) is -1.31. The van der Waals surface area contributed by atoms with Gasteiger partial charge in [-0.25, -0.2) is 9.07 Å². The Morgan fingerprint density at radius 2 is 1.85 bits per heavy atom. The maximum absolute atomic E-state index is 13.5. The van der Waals surface area contributed by atoms with Crippen molar-refractivity contribution in [1.29, 1.82) is 0 Å². The van der Waals surface area contributed by atoms with E-state index >= 15 is 0 Å². The van der Waals surface area contributed by atoms with E-state index in [9.17, 15) is 24.2 Å². The van der Waals surface area contributed by atoms with Crippen LogP contribution in [-0.4, -0.2) is 55.7 Å². The Hall–Kier alpha value is -2.78. The van der Waals surface area contributed by atoms with Gasteiger partial charge in [-0.2, -0.15) is 5.10 Å². The van der Waals surface area contributed by atoms with Crippen LogP contribution < -0.4 is 5.32 Å². The molecule has 4 N–H and O–H groups in total. The number of amides is 1. The molecule has 1 aromatic heterocycles. The minimum absolute atomic E-state index is 0.0385. The molecule has 186 valence electrons. The third-order valence-electron chi connectivity index (χ3n) is 6.33. The van der Waals surface area contributed by atoms with Crippen molar-refractivity contribution in [2.75, 3.05) is 6.54 Å². The second-order valence-electron chi connectivity index (χ2n) is 9.44. The number of carboxylic acids is 1. The van der Waals surface area contributed by atoms with Crippen molar-refractivity contribution in [3.8, 4) is 5.69 Å². The fraction of sp³-hybridized carbons (Fsp3) is 0.560. The molecule has 0 bridgehead atoms. The van der Waals surface area contributed by atoms with Gasteiger partial charge < -0.3 is 20.6 Å². The summed E-state index contributed by atoms with van der Waals surface area (Å²) in [5.41, 5.74) is 2.39. The predicted molar refractivity (Wildman–Crippen MR) is 124 cm³/mol. The zero-order chi connectivity index (χ0) is 24.8. The number of aromatic nitrogens is 2. The average Bonchev–Trinajstić information content (AvgIpc) is 3.10. The van der Waals surface area contributed by atoms with Crippen molar-refractivity contribution in [1.82, 2.24) is 15.1 Å². The van der Waals surface area contributed by atoms with E-state index in [-0.39, 0.29) is 30.5 Å². The van der Waals surface area contributed by atoms with Crippen molar-refractivity contribution in [2.45, 2.75) is 76.9 Å². The molecule has 34 heavy (non-hydrogen) atoms. The predicted octanol–water partition coefficient (Wildman–Crippen LogP) is 3.18. The maximum Gasteiger partial charge on any atom is 0.305 e. The highest BCUT2D eigenvalue weighted by atomic mass is 19.1. The van der Waals surface area contributed by atoms with Gasteiger partial charge >= 0.3 is 5.97 Å². The van der Waals surface area contributed by atoms with Crippen LogP contribution in [0.1, 0.15) is 80.0 Å². The van der Waals surface area contributed by atoms with Crippen LogP contribution >= 0.6 is 0 Å². The molecule has 0 spiro atoms. The third kappa shape index (κ3) is 6.64. The SMILES string of the molecule is CC(C)c1c(C(=O)NCC2CCC2)nn(-c2ccc(F)cc2)c1CC[C@@H](O)C[C@@H](O)CC(=O)O. The number of nitrogens with zero attached hydrogens (tertiary/aromatic N) is 2. The fourth-order valence-corrected chi connectivity index (χ4v) is 4.31. The summed E-state index contributed by atoms with van der Waals surface area (Å²) in [6.45, 7) is 4.53. The van der Waals surface area contributed by atoms with Crippen LogP contribution in [0.5, 0.6) is 0 Å². The number of carbonyl (C=O) groups excluding carboxylic acids is 1. The van der Waals surface area contributed by atoms with Crippen LogP contribution in [0.2, 0.25) is 0 Å². The highest BCUT2D eigenvalue weighted by Gasteiger charge is 2.27. The molecule has 1 aliphatic rings. The van der Waals surface area contributed by atoms with Gasteiger partial charge in [0.25, 0.3) is 5.91 Å². The van der Waals surface area contributed by atoms with Crippen LogP contribution in [0.25, 0.3) is 5.69 Å². The number of hydrogen-bond acceptors (Lipinski definition) is 5. The molecular formula is C25H34FN3O5. The fourth-order valence-electron chi connectivity index (χ4n) is 4.31. The van der Waals surface area contributed by atoms with Gasteiger partial charge in [-0.1, -0.05) is 20.3 Å². The number of halogens is 1. The first-order valence-electron chi connectivity index (χ1n) is 11.9. The molecule has 0 saturated heterocycles. The summed E-state index contributed by atoms with van der Waals surface area (Å²) < 4.78 is 15.2. The van der Waals surface area contributed by atoms with E-state index in [4.69, 9.17) is 5.11 Å². The minimum Gasteiger partial charge on any atom is -0.481 e. The zero-order valence-electron chi connectivity index (χ0n) is 19.7. The summed E-state index contributed by atoms with van der Waals surface area (Å²) in [7, 11) is 0. The molecule has 3 rings (SSSR count). The van der Waals surface area contributed by atoms with Crippen molar-refractivity contribution in [3.63, 3.8) is 0 Å². The molecular weight excluding hydrogens is 441 g/mol. The Kier molecular flexibility index (Phi) is 8.79. The summed E-state index contributed by atoms with van der Waals surface area (Å²) in [6.07, 6.45) is 1.41. The Bertz CT molecular complexity index is 985. The molecule has 1 aliphatic carbocycles. The van der Waals surface area contributed by atoms with Crippen LogP contribution in [0.4, 0.5) is 4.39 Å². The number of aliphatic hydroxyl groups excluding tert-OH is 2. The molecule has 9 heteroatoms. The highest BCUT2D eigenvalue weighted by molar-refractivity contribution is 5.94. The summed E-state index contributed by atoms with van der Waals surface area (Å²) in [4.78, 5) is 23.8. The van der Waals surface area contributed by atoms with E-state index in [1.807, 2.05) is 13.8 Å². The van der Waals surface area contributed by atoms with Crippen LogP contribution in [0.3, 0.4) is 0 Å². The van der Waals surface area contributed by atoms with Gasteiger partial charge in [0.05, 0.1) is 24.3 Å². The van der Waals surface area contributed by atoms with Crippen LogP contribution in [0, 0.1) is 11.7 Å². The van der Waals surface area contributed by atoms with Crippen molar-refractivity contribution >= 4 is 11.9 Å². The Labute approximate surface area is 198 Å². The number of nitrogens with one attached hydrogen (secondary N) is 1. The van der Waals surface area contributed by atoms with Gasteiger partial charge in [-0.15, -0.1) is 0 Å². The lowest BCUT2D eigenvalue weighted by Crippen LogP contribution is -2.33. The lowest BCUT2D eigenvalue weighted by molar-refractivity contribution is -0.139. The monoisotopic (exact) mass is 475 g/mol. The molecule has 0 unspecified atom stereocenters. The van der Waals surface area contributed by atoms with Gasteiger partial charge in [-0.3, -0.25) is 9.59 Å². The Morgan fingerprint density at radius 1 is 1.18 bits per heavy atom. The first-order chi connectivity index (χ1) is 16.2. The maximum atomic E-state index is 13.5. The number of aliphatic carboxylic acids is 1. The van der Waals surface area contributed by atoms with Gasteiger partial charge in [0.2, 0.25) is 0 Å². The van der Waals surface area contributed by atoms with Crippen LogP contribution in [-0.2, 0) is 11.2 Å². The van der Waals surface area contributed by atoms with Crippen LogP contribution in [0.15, 0.2) is 24.3 Å². The first kappa shape index (κ1) is 25.8. The number of carboxylic acid groups (broad SMARTS) is 1. The second kappa shape index (κ2) is 11.6. The minimum atomic E-state index is -1.15. The highest BCUT2D eigenvalue weighted by Crippen LogP contribution is 2.29. The van der Waals surface area contributed by atoms with Crippen molar-refractivity contribution < 1.29 is 29.3 Å². The quantitative estimate of drug-likeness (QED) is 0.374. The summed E-state index contributed by atoms with van der Waals surface area (Å²) >= 11 is 0. The van der Waals surface area contributed by atoms with Crippen molar-refractivity contribution in [2.24, 2.45) is 5.92 Å². The summed E-state index contributed by atoms with van der Waals surface area (Å²) in [5, 5.41) is 36.7. The zero-order valence-corrected chi connectivity index (χ0v) is 19.7. The van der Waals surface area contributed by atoms with E-state index in [2.05, 4.69) is 10.4 Å². The molecule has 0 aliphatic heterocycles. The molecule has 1 aromatic carbocycles. The normalized spacial score (nSPS) is 15.7. The largest absolute Gasteiger partial charge is 0.481 e. The van der Waals surface area contributed by atoms with Crippen molar-refractivity contribution in [3.05, 3.63) is 47.0 Å². The molecule has 1 fully saturated rings. The second-order valence-corrected chi connectivity index (χ2v) is 9.44. The van der Waals surface area contributed by atoms with E-state index in [0.717, 1.165) is 24.1 Å². The van der Waals surface area contributed by atoms with Gasteiger partial charge in [0.15, 0.2) is 5.69 Å². The molecule has 2 aromatic rings.